The molecule has 0 saturated carbocycles. The minimum Gasteiger partial charge on any atom is -0.330 e. The molecule has 2 unspecified atom stereocenters. The first-order valence-electron chi connectivity index (χ1n) is 5.84. The van der Waals surface area contributed by atoms with Gasteiger partial charge in [-0.25, -0.2) is 0 Å². The molecule has 0 aliphatic carbocycles. The van der Waals surface area contributed by atoms with Crippen LogP contribution in [0.15, 0.2) is 0 Å². The Kier molecular flexibility index (Phi) is 8.30. The van der Waals surface area contributed by atoms with Gasteiger partial charge in [0.2, 0.25) is 0 Å². The summed E-state index contributed by atoms with van der Waals surface area (Å²) in [5.41, 5.74) is 6.11. The number of rotatable bonds is 8. The fourth-order valence-corrected chi connectivity index (χ4v) is 3.14. The van der Waals surface area contributed by atoms with Crippen LogP contribution in [0.25, 0.3) is 0 Å². The predicted octanol–water partition coefficient (Wildman–Crippen LogP) is 3.99. The Morgan fingerprint density at radius 3 is 2.50 bits per heavy atom. The van der Waals surface area contributed by atoms with Gasteiger partial charge in [0.15, 0.2) is 0 Å². The molecule has 0 aromatic rings. The van der Waals surface area contributed by atoms with Crippen LogP contribution in [0.3, 0.4) is 0 Å². The first-order valence-corrected chi connectivity index (χ1v) is 7.36. The van der Waals surface area contributed by atoms with Crippen molar-refractivity contribution in [1.29, 1.82) is 0 Å². The lowest BCUT2D eigenvalue weighted by Crippen LogP contribution is -2.20. The van der Waals surface area contributed by atoms with E-state index in [1.165, 1.54) is 36.5 Å². The number of alkyl halides is 1. The summed E-state index contributed by atoms with van der Waals surface area (Å²) >= 11 is 2.47. The molecule has 0 fully saturated rings. The third kappa shape index (κ3) is 6.23. The Labute approximate surface area is 103 Å². The molecule has 0 saturated heterocycles. The van der Waals surface area contributed by atoms with Gasteiger partial charge in [-0.1, -0.05) is 49.8 Å². The molecule has 0 aliphatic heterocycles. The second-order valence-electron chi connectivity index (χ2n) is 4.84. The topological polar surface area (TPSA) is 26.0 Å². The number of hydrogen-bond acceptors (Lipinski definition) is 1. The van der Waals surface area contributed by atoms with E-state index in [1.807, 2.05) is 0 Å². The molecule has 1 nitrogen and oxygen atoms in total. The molecule has 2 N–H and O–H groups in total. The van der Waals surface area contributed by atoms with E-state index in [1.54, 1.807) is 0 Å². The van der Waals surface area contributed by atoms with E-state index in [4.69, 9.17) is 5.73 Å². The fourth-order valence-electron chi connectivity index (χ4n) is 2.08. The molecule has 0 aromatic heterocycles. The molecule has 86 valence electrons. The SMILES string of the molecule is CCC(C)(CCCN)CC(C)CCI. The molecular weight excluding hydrogens is 285 g/mol. The van der Waals surface area contributed by atoms with Crippen molar-refractivity contribution >= 4 is 22.6 Å². The van der Waals surface area contributed by atoms with Gasteiger partial charge in [-0.15, -0.1) is 0 Å². The van der Waals surface area contributed by atoms with E-state index >= 15 is 0 Å². The summed E-state index contributed by atoms with van der Waals surface area (Å²) < 4.78 is 1.29. The van der Waals surface area contributed by atoms with E-state index in [0.29, 0.717) is 5.41 Å². The average molecular weight is 311 g/mol. The third-order valence-corrected chi connectivity index (χ3v) is 3.90. The van der Waals surface area contributed by atoms with E-state index in [0.717, 1.165) is 12.5 Å². The molecule has 2 heteroatoms. The Bertz CT molecular complexity index is 138. The highest BCUT2D eigenvalue weighted by Crippen LogP contribution is 2.35. The minimum absolute atomic E-state index is 0.532. The number of hydrogen-bond donors (Lipinski definition) is 1. The molecule has 0 rings (SSSR count). The molecule has 0 amide bonds. The lowest BCUT2D eigenvalue weighted by molar-refractivity contribution is 0.213. The highest BCUT2D eigenvalue weighted by atomic mass is 127. The zero-order valence-electron chi connectivity index (χ0n) is 9.98. The molecule has 0 aliphatic rings. The summed E-state index contributed by atoms with van der Waals surface area (Å²) in [6.45, 7) is 7.96. The van der Waals surface area contributed by atoms with Crippen LogP contribution in [0.1, 0.15) is 52.9 Å². The number of halogens is 1. The second kappa shape index (κ2) is 7.91. The van der Waals surface area contributed by atoms with Gasteiger partial charge in [0, 0.05) is 0 Å². The zero-order valence-corrected chi connectivity index (χ0v) is 12.1. The first kappa shape index (κ1) is 14.7. The van der Waals surface area contributed by atoms with Crippen LogP contribution in [0.5, 0.6) is 0 Å². The highest BCUT2D eigenvalue weighted by molar-refractivity contribution is 14.1. The Balaban J connectivity index is 3.96. The molecule has 2 atom stereocenters. The zero-order chi connectivity index (χ0) is 11.0. The largest absolute Gasteiger partial charge is 0.330 e. The summed E-state index contributed by atoms with van der Waals surface area (Å²) in [7, 11) is 0. The van der Waals surface area contributed by atoms with Crippen molar-refractivity contribution < 1.29 is 0 Å². The van der Waals surface area contributed by atoms with Gasteiger partial charge in [-0.3, -0.25) is 0 Å². The van der Waals surface area contributed by atoms with Crippen LogP contribution in [-0.4, -0.2) is 11.0 Å². The highest BCUT2D eigenvalue weighted by Gasteiger charge is 2.23. The van der Waals surface area contributed by atoms with Gasteiger partial charge in [0.05, 0.1) is 0 Å². The second-order valence-corrected chi connectivity index (χ2v) is 5.92. The summed E-state index contributed by atoms with van der Waals surface area (Å²) in [6, 6.07) is 0. The predicted molar refractivity (Wildman–Crippen MR) is 74.0 cm³/mol. The van der Waals surface area contributed by atoms with Crippen LogP contribution < -0.4 is 5.73 Å². The van der Waals surface area contributed by atoms with E-state index in [2.05, 4.69) is 43.4 Å². The monoisotopic (exact) mass is 311 g/mol. The van der Waals surface area contributed by atoms with Gasteiger partial charge in [-0.05, 0) is 48.0 Å². The van der Waals surface area contributed by atoms with Crippen molar-refractivity contribution in [3.05, 3.63) is 0 Å². The van der Waals surface area contributed by atoms with Crippen molar-refractivity contribution in [3.8, 4) is 0 Å². The van der Waals surface area contributed by atoms with Crippen LogP contribution in [0.4, 0.5) is 0 Å². The maximum atomic E-state index is 5.58. The maximum Gasteiger partial charge on any atom is -0.000219 e. The van der Waals surface area contributed by atoms with Crippen molar-refractivity contribution in [1.82, 2.24) is 0 Å². The Morgan fingerprint density at radius 2 is 2.07 bits per heavy atom. The van der Waals surface area contributed by atoms with Crippen molar-refractivity contribution in [2.24, 2.45) is 17.1 Å². The standard InChI is InChI=1S/C12H26IN/c1-4-12(3,7-5-9-14)10-11(2)6-8-13/h11H,4-10,14H2,1-3H3. The number of nitrogens with two attached hydrogens (primary N) is 1. The average Bonchev–Trinajstić information content (AvgIpc) is 2.15. The van der Waals surface area contributed by atoms with Crippen LogP contribution in [-0.2, 0) is 0 Å². The molecular formula is C12H26IN. The summed E-state index contributed by atoms with van der Waals surface area (Å²) in [5.74, 6) is 0.870. The lowest BCUT2D eigenvalue weighted by atomic mass is 9.75. The van der Waals surface area contributed by atoms with Gasteiger partial charge >= 0.3 is 0 Å². The van der Waals surface area contributed by atoms with Crippen molar-refractivity contribution in [2.45, 2.75) is 52.9 Å². The maximum absolute atomic E-state index is 5.58. The molecule has 14 heavy (non-hydrogen) atoms. The minimum atomic E-state index is 0.532. The van der Waals surface area contributed by atoms with E-state index in [9.17, 15) is 0 Å². The summed E-state index contributed by atoms with van der Waals surface area (Å²) in [4.78, 5) is 0. The fraction of sp³-hybridized carbons (Fsp3) is 1.00. The lowest BCUT2D eigenvalue weighted by Gasteiger charge is -2.31. The van der Waals surface area contributed by atoms with Crippen molar-refractivity contribution in [3.63, 3.8) is 0 Å². The van der Waals surface area contributed by atoms with Gasteiger partial charge in [0.1, 0.15) is 0 Å². The Hall–Kier alpha value is 0.690. The van der Waals surface area contributed by atoms with E-state index < -0.39 is 0 Å². The van der Waals surface area contributed by atoms with Crippen molar-refractivity contribution in [2.75, 3.05) is 11.0 Å². The van der Waals surface area contributed by atoms with Gasteiger partial charge in [-0.2, -0.15) is 0 Å². The summed E-state index contributed by atoms with van der Waals surface area (Å²) in [6.07, 6.45) is 6.50. The van der Waals surface area contributed by atoms with Crippen LogP contribution in [0, 0.1) is 11.3 Å². The van der Waals surface area contributed by atoms with Crippen LogP contribution >= 0.6 is 22.6 Å². The van der Waals surface area contributed by atoms with Gasteiger partial charge < -0.3 is 5.73 Å². The molecule has 0 spiro atoms. The molecule has 0 heterocycles. The smallest absolute Gasteiger partial charge is 0.000219 e. The van der Waals surface area contributed by atoms with Gasteiger partial charge in [0.25, 0.3) is 0 Å². The normalized spacial score (nSPS) is 17.8. The third-order valence-electron chi connectivity index (χ3n) is 3.28. The summed E-state index contributed by atoms with van der Waals surface area (Å²) in [5, 5.41) is 0. The quantitative estimate of drug-likeness (QED) is 0.532. The van der Waals surface area contributed by atoms with E-state index in [-0.39, 0.29) is 0 Å². The Morgan fingerprint density at radius 1 is 1.43 bits per heavy atom. The molecule has 0 radical (unpaired) electrons. The first-order chi connectivity index (χ1) is 6.58. The molecule has 0 bridgehead atoms. The van der Waals surface area contributed by atoms with Crippen LogP contribution in [0.2, 0.25) is 0 Å². The molecule has 0 aromatic carbocycles.